The van der Waals surface area contributed by atoms with Crippen LogP contribution < -0.4 is 0 Å². The molecule has 4 atom stereocenters. The zero-order chi connectivity index (χ0) is 9.43. The van der Waals surface area contributed by atoms with Crippen molar-refractivity contribution < 1.29 is 14.3 Å². The molecule has 4 rings (SSSR count). The average molecular weight is 180 g/mol. The maximum atomic E-state index is 11.6. The molecule has 3 nitrogen and oxygen atoms in total. The molecule has 70 valence electrons. The molecule has 3 heteroatoms. The van der Waals surface area contributed by atoms with Crippen LogP contribution in [0.25, 0.3) is 0 Å². The number of methoxy groups -OCH3 is 1. The van der Waals surface area contributed by atoms with Crippen molar-refractivity contribution in [1.82, 2.24) is 0 Å². The minimum Gasteiger partial charge on any atom is -0.469 e. The van der Waals surface area contributed by atoms with Gasteiger partial charge < -0.3 is 4.74 Å². The van der Waals surface area contributed by atoms with Gasteiger partial charge in [0.25, 0.3) is 0 Å². The van der Waals surface area contributed by atoms with E-state index in [1.165, 1.54) is 7.11 Å². The van der Waals surface area contributed by atoms with Gasteiger partial charge in [0.05, 0.1) is 12.5 Å². The molecule has 4 aliphatic carbocycles. The predicted molar refractivity (Wildman–Crippen MR) is 43.8 cm³/mol. The van der Waals surface area contributed by atoms with Crippen LogP contribution in [0.15, 0.2) is 0 Å². The Morgan fingerprint density at radius 3 is 2.54 bits per heavy atom. The summed E-state index contributed by atoms with van der Waals surface area (Å²) >= 11 is 0. The fraction of sp³-hybridized carbons (Fsp3) is 0.800. The highest BCUT2D eigenvalue weighted by Gasteiger charge is 2.90. The Kier molecular flexibility index (Phi) is 0.972. The molecule has 0 heterocycles. The van der Waals surface area contributed by atoms with E-state index >= 15 is 0 Å². The van der Waals surface area contributed by atoms with Gasteiger partial charge in [-0.25, -0.2) is 0 Å². The monoisotopic (exact) mass is 180 g/mol. The SMILES string of the molecule is COC(=O)[C@@]12C[C@H]3C[C@]1(C)[C@@H]2C3=O. The summed E-state index contributed by atoms with van der Waals surface area (Å²) in [6.07, 6.45) is 1.66. The smallest absolute Gasteiger partial charge is 0.313 e. The van der Waals surface area contributed by atoms with Gasteiger partial charge in [-0.05, 0) is 18.3 Å². The second-order valence-electron chi connectivity index (χ2n) is 4.82. The number of hydrogen-bond donors (Lipinski definition) is 0. The van der Waals surface area contributed by atoms with Gasteiger partial charge in [-0.3, -0.25) is 9.59 Å². The number of carbonyl (C=O) groups excluding carboxylic acids is 2. The summed E-state index contributed by atoms with van der Waals surface area (Å²) < 4.78 is 4.80. The topological polar surface area (TPSA) is 43.4 Å². The van der Waals surface area contributed by atoms with E-state index in [4.69, 9.17) is 4.74 Å². The summed E-state index contributed by atoms with van der Waals surface area (Å²) in [7, 11) is 1.41. The summed E-state index contributed by atoms with van der Waals surface area (Å²) in [6.45, 7) is 2.06. The molecule has 0 spiro atoms. The Hall–Kier alpha value is -0.860. The molecule has 0 radical (unpaired) electrons. The molecule has 4 fully saturated rings. The molecule has 0 aromatic rings. The van der Waals surface area contributed by atoms with Crippen LogP contribution in [0.5, 0.6) is 0 Å². The standard InChI is InChI=1S/C10H12O3/c1-9-3-5-4-10(9,8(12)13-2)7(9)6(5)11/h5,7H,3-4H2,1-2H3/t5-,7+,9-,10+/m1/s1. The Morgan fingerprint density at radius 1 is 1.54 bits per heavy atom. The quantitative estimate of drug-likeness (QED) is 0.560. The Labute approximate surface area is 76.4 Å². The third-order valence-corrected chi connectivity index (χ3v) is 4.54. The van der Waals surface area contributed by atoms with Crippen molar-refractivity contribution in [3.63, 3.8) is 0 Å². The number of ether oxygens (including phenoxy) is 1. The zero-order valence-corrected chi connectivity index (χ0v) is 7.79. The first-order chi connectivity index (χ1) is 6.08. The van der Waals surface area contributed by atoms with E-state index < -0.39 is 5.41 Å². The van der Waals surface area contributed by atoms with Crippen molar-refractivity contribution in [3.05, 3.63) is 0 Å². The fourth-order valence-corrected chi connectivity index (χ4v) is 3.99. The molecule has 0 aromatic carbocycles. The molecule has 4 aliphatic rings. The van der Waals surface area contributed by atoms with Crippen LogP contribution in [0.1, 0.15) is 19.8 Å². The molecule has 13 heavy (non-hydrogen) atoms. The van der Waals surface area contributed by atoms with E-state index in [-0.39, 0.29) is 23.2 Å². The third kappa shape index (κ3) is 0.478. The normalized spacial score (nSPS) is 55.4. The van der Waals surface area contributed by atoms with Gasteiger partial charge in [0.15, 0.2) is 0 Å². The van der Waals surface area contributed by atoms with E-state index in [0.29, 0.717) is 5.78 Å². The number of esters is 1. The average Bonchev–Trinajstić information content (AvgIpc) is 2.40. The minimum absolute atomic E-state index is 0.00236. The highest BCUT2D eigenvalue weighted by molar-refractivity contribution is 6.04. The number of rotatable bonds is 1. The molecule has 0 aliphatic heterocycles. The first-order valence-electron chi connectivity index (χ1n) is 4.70. The zero-order valence-electron chi connectivity index (χ0n) is 7.79. The molecular formula is C10H12O3. The van der Waals surface area contributed by atoms with Crippen LogP contribution >= 0.6 is 0 Å². The van der Waals surface area contributed by atoms with E-state index in [0.717, 1.165) is 12.8 Å². The van der Waals surface area contributed by atoms with Crippen molar-refractivity contribution in [2.45, 2.75) is 19.8 Å². The lowest BCUT2D eigenvalue weighted by Gasteiger charge is -2.09. The maximum absolute atomic E-state index is 11.6. The summed E-state index contributed by atoms with van der Waals surface area (Å²) in [4.78, 5) is 23.2. The molecule has 4 saturated carbocycles. The van der Waals surface area contributed by atoms with Gasteiger partial charge in [0.2, 0.25) is 0 Å². The van der Waals surface area contributed by atoms with Gasteiger partial charge in [0.1, 0.15) is 5.78 Å². The van der Waals surface area contributed by atoms with Crippen molar-refractivity contribution in [2.24, 2.45) is 22.7 Å². The fourth-order valence-electron chi connectivity index (χ4n) is 3.99. The minimum atomic E-state index is -0.399. The number of ketones is 1. The van der Waals surface area contributed by atoms with Crippen molar-refractivity contribution in [3.8, 4) is 0 Å². The highest BCUT2D eigenvalue weighted by atomic mass is 16.5. The molecule has 0 amide bonds. The van der Waals surface area contributed by atoms with Gasteiger partial charge in [-0.15, -0.1) is 0 Å². The van der Waals surface area contributed by atoms with Gasteiger partial charge in [-0.2, -0.15) is 0 Å². The number of Topliss-reactive ketones (excluding diaryl/α,β-unsaturated/α-hetero) is 1. The first kappa shape index (κ1) is 7.54. The second-order valence-corrected chi connectivity index (χ2v) is 4.82. The Bertz CT molecular complexity index is 335. The van der Waals surface area contributed by atoms with Gasteiger partial charge in [0, 0.05) is 11.8 Å². The number of carbonyl (C=O) groups is 2. The lowest BCUT2D eigenvalue weighted by Crippen LogP contribution is -2.19. The van der Waals surface area contributed by atoms with Crippen molar-refractivity contribution in [1.29, 1.82) is 0 Å². The maximum Gasteiger partial charge on any atom is 0.313 e. The molecule has 0 unspecified atom stereocenters. The molecule has 0 aromatic heterocycles. The lowest BCUT2D eigenvalue weighted by atomic mass is 9.99. The predicted octanol–water partition coefficient (Wildman–Crippen LogP) is 0.775. The van der Waals surface area contributed by atoms with E-state index in [9.17, 15) is 9.59 Å². The molecular weight excluding hydrogens is 168 g/mol. The molecule has 0 saturated heterocycles. The highest BCUT2D eigenvalue weighted by Crippen LogP contribution is 2.85. The van der Waals surface area contributed by atoms with Crippen LogP contribution in [0, 0.1) is 22.7 Å². The summed E-state index contributed by atoms with van der Waals surface area (Å²) in [5.41, 5.74) is -0.439. The van der Waals surface area contributed by atoms with E-state index in [1.807, 2.05) is 0 Å². The first-order valence-corrected chi connectivity index (χ1v) is 4.70. The molecule has 0 N–H and O–H groups in total. The second kappa shape index (κ2) is 1.68. The van der Waals surface area contributed by atoms with E-state index in [2.05, 4.69) is 6.92 Å². The molecule has 4 bridgehead atoms. The Morgan fingerprint density at radius 2 is 2.23 bits per heavy atom. The summed E-state index contributed by atoms with van der Waals surface area (Å²) in [6, 6.07) is 0. The third-order valence-electron chi connectivity index (χ3n) is 4.54. The van der Waals surface area contributed by atoms with Crippen LogP contribution in [0.3, 0.4) is 0 Å². The van der Waals surface area contributed by atoms with Crippen LogP contribution in [-0.4, -0.2) is 18.9 Å². The summed E-state index contributed by atoms with van der Waals surface area (Å²) in [5, 5.41) is 0. The van der Waals surface area contributed by atoms with Crippen LogP contribution in [-0.2, 0) is 14.3 Å². The van der Waals surface area contributed by atoms with Crippen molar-refractivity contribution in [2.75, 3.05) is 7.11 Å². The lowest BCUT2D eigenvalue weighted by molar-refractivity contribution is -0.148. The largest absolute Gasteiger partial charge is 0.469 e. The number of hydrogen-bond acceptors (Lipinski definition) is 3. The van der Waals surface area contributed by atoms with Gasteiger partial charge >= 0.3 is 5.97 Å². The van der Waals surface area contributed by atoms with E-state index in [1.54, 1.807) is 0 Å². The summed E-state index contributed by atoms with van der Waals surface area (Å²) in [5.74, 6) is 0.313. The van der Waals surface area contributed by atoms with Crippen LogP contribution in [0.2, 0.25) is 0 Å². The van der Waals surface area contributed by atoms with Crippen LogP contribution in [0.4, 0.5) is 0 Å². The van der Waals surface area contributed by atoms with Crippen molar-refractivity contribution >= 4 is 11.8 Å². The van der Waals surface area contributed by atoms with Gasteiger partial charge in [-0.1, -0.05) is 6.92 Å². The Balaban J connectivity index is 2.08.